The molecule has 0 bridgehead atoms. The number of aromatic hydroxyl groups is 1. The molecule has 2 rings (SSSR count). The third-order valence-electron chi connectivity index (χ3n) is 2.37. The molecule has 0 spiro atoms. The maximum atomic E-state index is 11.9. The Kier molecular flexibility index (Phi) is 4.09. The van der Waals surface area contributed by atoms with Crippen molar-refractivity contribution in [3.8, 4) is 5.75 Å². The number of nitrogens with zero attached hydrogens (tertiary/aromatic N) is 1. The Hall–Kier alpha value is -1.97. The van der Waals surface area contributed by atoms with Gasteiger partial charge in [-0.2, -0.15) is 0 Å². The first-order valence-electron chi connectivity index (χ1n) is 5.48. The fourth-order valence-electron chi connectivity index (χ4n) is 1.40. The summed E-state index contributed by atoms with van der Waals surface area (Å²) in [5.41, 5.74) is 0.408. The molecule has 0 aliphatic heterocycles. The normalized spacial score (nSPS) is 14.2. The average molecular weight is 321 g/mol. The third kappa shape index (κ3) is 3.50. The molecule has 0 heterocycles. The minimum absolute atomic E-state index is 0.0228. The van der Waals surface area contributed by atoms with Crippen LogP contribution in [0.15, 0.2) is 59.8 Å². The molecule has 0 aliphatic carbocycles. The van der Waals surface area contributed by atoms with Crippen LogP contribution >= 0.6 is 0 Å². The number of para-hydroxylation sites is 1. The molecule has 0 amide bonds. The van der Waals surface area contributed by atoms with Crippen molar-refractivity contribution < 1.29 is 16.8 Å². The van der Waals surface area contributed by atoms with Gasteiger partial charge >= 0.3 is 113 Å². The van der Waals surface area contributed by atoms with Gasteiger partial charge in [0.15, 0.2) is 0 Å². The number of benzene rings is 2. The van der Waals surface area contributed by atoms with Crippen LogP contribution in [0.2, 0.25) is 0 Å². The molecule has 1 unspecified atom stereocenters. The van der Waals surface area contributed by atoms with E-state index in [1.54, 1.807) is 36.4 Å². The molecular formula is C13H12AsNO4. The molecule has 0 aliphatic rings. The summed E-state index contributed by atoms with van der Waals surface area (Å²) in [4.78, 5) is 0. The number of phenolic OH excluding ortho intramolecular Hbond substituents is 1. The molecule has 2 aromatic carbocycles. The summed E-state index contributed by atoms with van der Waals surface area (Å²) >= 11 is -4.64. The second kappa shape index (κ2) is 5.78. The molecule has 0 fully saturated rings. The van der Waals surface area contributed by atoms with Crippen LogP contribution in [-0.2, 0) is 7.57 Å². The molecule has 5 nitrogen and oxygen atoms in total. The Morgan fingerprint density at radius 1 is 1.05 bits per heavy atom. The summed E-state index contributed by atoms with van der Waals surface area (Å²) in [6, 6.07) is 14.5. The van der Waals surface area contributed by atoms with Crippen molar-refractivity contribution in [2.45, 2.75) is 0 Å². The number of hydrogen-bond donors (Lipinski definition) is 2. The molecular weight excluding hydrogens is 309 g/mol. The van der Waals surface area contributed by atoms with Crippen LogP contribution in [0.1, 0.15) is 5.56 Å². The van der Waals surface area contributed by atoms with Gasteiger partial charge in [-0.25, -0.2) is 0 Å². The molecule has 0 saturated carbocycles. The van der Waals surface area contributed by atoms with Crippen LogP contribution in [0, 0.1) is 0 Å². The van der Waals surface area contributed by atoms with Gasteiger partial charge in [0.25, 0.3) is 0 Å². The zero-order chi connectivity index (χ0) is 13.7. The molecule has 0 aromatic heterocycles. The van der Waals surface area contributed by atoms with Crippen molar-refractivity contribution in [1.29, 1.82) is 0 Å². The van der Waals surface area contributed by atoms with E-state index >= 15 is 0 Å². The van der Waals surface area contributed by atoms with Gasteiger partial charge in [0.1, 0.15) is 0 Å². The van der Waals surface area contributed by atoms with Crippen molar-refractivity contribution in [3.05, 3.63) is 60.2 Å². The van der Waals surface area contributed by atoms with E-state index in [0.29, 0.717) is 5.56 Å². The van der Waals surface area contributed by atoms with Crippen molar-refractivity contribution in [2.75, 3.05) is 0 Å². The van der Waals surface area contributed by atoms with Gasteiger partial charge in [-0.05, 0) is 0 Å². The van der Waals surface area contributed by atoms with E-state index < -0.39 is 14.2 Å². The molecule has 2 N–H and O–H groups in total. The third-order valence-corrected chi connectivity index (χ3v) is 5.03. The fraction of sp³-hybridized carbons (Fsp3) is 0. The molecule has 0 saturated heterocycles. The van der Waals surface area contributed by atoms with Gasteiger partial charge in [-0.3, -0.25) is 0 Å². The predicted octanol–water partition coefficient (Wildman–Crippen LogP) is 1.01. The first-order valence-corrected chi connectivity index (χ1v) is 8.79. The Labute approximate surface area is 113 Å². The molecule has 19 heavy (non-hydrogen) atoms. The summed E-state index contributed by atoms with van der Waals surface area (Å²) < 4.78 is 26.6. The van der Waals surface area contributed by atoms with Crippen LogP contribution < -0.4 is 4.35 Å². The number of hydrogen-bond acceptors (Lipinski definition) is 4. The Morgan fingerprint density at radius 2 is 1.68 bits per heavy atom. The van der Waals surface area contributed by atoms with Crippen LogP contribution in [0.5, 0.6) is 5.75 Å². The SMILES string of the molecule is O=[As](O)(O/N=C/c1ccccc1O)c1ccccc1. The first-order chi connectivity index (χ1) is 9.09. The van der Waals surface area contributed by atoms with Gasteiger partial charge in [0, 0.05) is 0 Å². The van der Waals surface area contributed by atoms with Crippen molar-refractivity contribution in [3.63, 3.8) is 0 Å². The molecule has 98 valence electrons. The van der Waals surface area contributed by atoms with E-state index in [1.165, 1.54) is 24.4 Å². The monoisotopic (exact) mass is 321 g/mol. The Bertz CT molecular complexity index is 628. The van der Waals surface area contributed by atoms with Crippen LogP contribution in [0.3, 0.4) is 0 Å². The summed E-state index contributed by atoms with van der Waals surface area (Å²) in [5, 5.41) is 13.0. The van der Waals surface area contributed by atoms with Crippen LogP contribution in [-0.4, -0.2) is 29.6 Å². The standard InChI is InChI=1S/C13H12AsNO4/c16-13-9-5-4-6-11(13)10-15-19-14(17,18)12-7-2-1-3-8-12/h1-10,16H,(H,17,18)/b15-10+. The van der Waals surface area contributed by atoms with Gasteiger partial charge < -0.3 is 0 Å². The zero-order valence-electron chi connectivity index (χ0n) is 9.88. The van der Waals surface area contributed by atoms with E-state index in [9.17, 15) is 12.9 Å². The first kappa shape index (κ1) is 13.5. The van der Waals surface area contributed by atoms with E-state index in [0.717, 1.165) is 0 Å². The predicted molar refractivity (Wildman–Crippen MR) is 71.5 cm³/mol. The van der Waals surface area contributed by atoms with E-state index in [2.05, 4.69) is 5.16 Å². The Balaban J connectivity index is 2.11. The number of phenols is 1. The summed E-state index contributed by atoms with van der Waals surface area (Å²) in [7, 11) is 0. The second-order valence-corrected chi connectivity index (χ2v) is 7.34. The molecule has 1 atom stereocenters. The van der Waals surface area contributed by atoms with Gasteiger partial charge in [-0.15, -0.1) is 0 Å². The van der Waals surface area contributed by atoms with Crippen molar-refractivity contribution in [1.82, 2.24) is 0 Å². The summed E-state index contributed by atoms with van der Waals surface area (Å²) in [6.07, 6.45) is 1.20. The van der Waals surface area contributed by atoms with E-state index in [4.69, 9.17) is 3.83 Å². The van der Waals surface area contributed by atoms with Gasteiger partial charge in [-0.1, -0.05) is 0 Å². The van der Waals surface area contributed by atoms with Gasteiger partial charge in [0.2, 0.25) is 0 Å². The number of oxime groups is 1. The van der Waals surface area contributed by atoms with E-state index in [-0.39, 0.29) is 10.1 Å². The summed E-state index contributed by atoms with van der Waals surface area (Å²) in [6.45, 7) is 0. The van der Waals surface area contributed by atoms with Crippen molar-refractivity contribution >= 4 is 24.7 Å². The van der Waals surface area contributed by atoms with Gasteiger partial charge in [0.05, 0.1) is 0 Å². The topological polar surface area (TPSA) is 79.1 Å². The zero-order valence-corrected chi connectivity index (χ0v) is 11.8. The number of rotatable bonds is 4. The van der Waals surface area contributed by atoms with Crippen LogP contribution in [0.4, 0.5) is 0 Å². The van der Waals surface area contributed by atoms with Crippen LogP contribution in [0.25, 0.3) is 0 Å². The fourth-order valence-corrected chi connectivity index (χ4v) is 3.12. The average Bonchev–Trinajstić information content (AvgIpc) is 2.42. The minimum atomic E-state index is -4.64. The quantitative estimate of drug-likeness (QED) is 0.500. The molecule has 6 heteroatoms. The summed E-state index contributed by atoms with van der Waals surface area (Å²) in [5.74, 6) is 0.0228. The second-order valence-electron chi connectivity index (χ2n) is 3.73. The maximum absolute atomic E-state index is 11.9. The van der Waals surface area contributed by atoms with Crippen molar-refractivity contribution in [2.24, 2.45) is 5.16 Å². The molecule has 0 radical (unpaired) electrons. The van der Waals surface area contributed by atoms with E-state index in [1.807, 2.05) is 0 Å². The molecule has 2 aromatic rings. The Morgan fingerprint density at radius 3 is 2.37 bits per heavy atom.